The largest absolute Gasteiger partial charge is 0.493 e. The summed E-state index contributed by atoms with van der Waals surface area (Å²) in [5.74, 6) is 1.11. The topological polar surface area (TPSA) is 30.5 Å². The Kier molecular flexibility index (Phi) is 5.45. The van der Waals surface area contributed by atoms with Crippen molar-refractivity contribution in [3.8, 4) is 11.5 Å². The SMILES string of the molecule is COc1ccc(CNc2cc(Cl)cc(Cl)c2)c(Cl)c1OC. The van der Waals surface area contributed by atoms with Gasteiger partial charge in [0.15, 0.2) is 11.5 Å². The van der Waals surface area contributed by atoms with Gasteiger partial charge in [-0.3, -0.25) is 0 Å². The van der Waals surface area contributed by atoms with E-state index in [1.165, 1.54) is 0 Å². The number of nitrogens with one attached hydrogen (secondary N) is 1. The second-order valence-corrected chi connectivity index (χ2v) is 5.54. The summed E-state index contributed by atoms with van der Waals surface area (Å²) in [4.78, 5) is 0. The molecule has 1 N–H and O–H groups in total. The first kappa shape index (κ1) is 16.1. The molecule has 0 fully saturated rings. The molecule has 0 saturated carbocycles. The molecule has 21 heavy (non-hydrogen) atoms. The zero-order chi connectivity index (χ0) is 15.4. The summed E-state index contributed by atoms with van der Waals surface area (Å²) in [6, 6.07) is 8.96. The summed E-state index contributed by atoms with van der Waals surface area (Å²) in [7, 11) is 3.12. The third kappa shape index (κ3) is 3.88. The lowest BCUT2D eigenvalue weighted by atomic mass is 10.2. The fourth-order valence-corrected chi connectivity index (χ4v) is 2.75. The minimum atomic E-state index is 0.510. The Balaban J connectivity index is 2.20. The van der Waals surface area contributed by atoms with Crippen LogP contribution in [0.1, 0.15) is 5.56 Å². The molecular weight excluding hydrogens is 333 g/mol. The van der Waals surface area contributed by atoms with Crippen LogP contribution in [0, 0.1) is 0 Å². The van der Waals surface area contributed by atoms with Crippen LogP contribution in [0.4, 0.5) is 5.69 Å². The molecule has 0 unspecified atom stereocenters. The maximum Gasteiger partial charge on any atom is 0.179 e. The van der Waals surface area contributed by atoms with Crippen LogP contribution in [0.15, 0.2) is 30.3 Å². The molecule has 0 aliphatic heterocycles. The number of benzene rings is 2. The van der Waals surface area contributed by atoms with E-state index in [0.29, 0.717) is 33.1 Å². The number of rotatable bonds is 5. The van der Waals surface area contributed by atoms with Gasteiger partial charge in [-0.05, 0) is 29.8 Å². The van der Waals surface area contributed by atoms with Crippen LogP contribution in [0.25, 0.3) is 0 Å². The van der Waals surface area contributed by atoms with Crippen LogP contribution in [0.2, 0.25) is 15.1 Å². The number of methoxy groups -OCH3 is 2. The number of hydrogen-bond acceptors (Lipinski definition) is 3. The Morgan fingerprint density at radius 1 is 0.952 bits per heavy atom. The standard InChI is InChI=1S/C15H14Cl3NO2/c1-20-13-4-3-9(14(18)15(13)21-2)8-19-12-6-10(16)5-11(17)7-12/h3-7,19H,8H2,1-2H3. The third-order valence-corrected chi connectivity index (χ3v) is 3.76. The molecule has 2 aromatic carbocycles. The first-order valence-electron chi connectivity index (χ1n) is 6.14. The average molecular weight is 347 g/mol. The van der Waals surface area contributed by atoms with Crippen molar-refractivity contribution in [1.82, 2.24) is 0 Å². The Hall–Kier alpha value is -1.29. The summed E-state index contributed by atoms with van der Waals surface area (Å²) < 4.78 is 10.5. The minimum absolute atomic E-state index is 0.510. The van der Waals surface area contributed by atoms with Gasteiger partial charge in [-0.1, -0.05) is 40.9 Å². The van der Waals surface area contributed by atoms with Gasteiger partial charge in [0.2, 0.25) is 0 Å². The molecule has 3 nitrogen and oxygen atoms in total. The lowest BCUT2D eigenvalue weighted by molar-refractivity contribution is 0.355. The fraction of sp³-hybridized carbons (Fsp3) is 0.200. The summed E-state index contributed by atoms with van der Waals surface area (Å²) in [5, 5.41) is 4.88. The fourth-order valence-electron chi connectivity index (χ4n) is 1.92. The first-order chi connectivity index (χ1) is 10.0. The van der Waals surface area contributed by atoms with Crippen molar-refractivity contribution < 1.29 is 9.47 Å². The van der Waals surface area contributed by atoms with Gasteiger partial charge in [0.25, 0.3) is 0 Å². The van der Waals surface area contributed by atoms with Gasteiger partial charge >= 0.3 is 0 Å². The van der Waals surface area contributed by atoms with Gasteiger partial charge in [0.1, 0.15) is 0 Å². The number of ether oxygens (including phenoxy) is 2. The highest BCUT2D eigenvalue weighted by atomic mass is 35.5. The van der Waals surface area contributed by atoms with Crippen molar-refractivity contribution in [1.29, 1.82) is 0 Å². The molecule has 2 aromatic rings. The highest BCUT2D eigenvalue weighted by molar-refractivity contribution is 6.35. The summed E-state index contributed by atoms with van der Waals surface area (Å²) >= 11 is 18.3. The molecule has 0 saturated heterocycles. The van der Waals surface area contributed by atoms with Gasteiger partial charge in [-0.2, -0.15) is 0 Å². The zero-order valence-electron chi connectivity index (χ0n) is 11.5. The normalized spacial score (nSPS) is 10.3. The lowest BCUT2D eigenvalue weighted by Crippen LogP contribution is -2.02. The molecule has 0 aliphatic carbocycles. The summed E-state index contributed by atoms with van der Waals surface area (Å²) in [5.41, 5.74) is 1.70. The molecular formula is C15H14Cl3NO2. The Labute approximate surface area is 138 Å². The average Bonchev–Trinajstić information content (AvgIpc) is 2.44. The van der Waals surface area contributed by atoms with Gasteiger partial charge in [-0.25, -0.2) is 0 Å². The molecule has 0 spiro atoms. The van der Waals surface area contributed by atoms with E-state index in [2.05, 4.69) is 5.32 Å². The van der Waals surface area contributed by atoms with Crippen molar-refractivity contribution in [3.63, 3.8) is 0 Å². The van der Waals surface area contributed by atoms with E-state index in [1.54, 1.807) is 32.4 Å². The van der Waals surface area contributed by atoms with E-state index in [9.17, 15) is 0 Å². The Morgan fingerprint density at radius 3 is 2.19 bits per heavy atom. The van der Waals surface area contributed by atoms with Gasteiger partial charge in [0.05, 0.1) is 19.2 Å². The zero-order valence-corrected chi connectivity index (χ0v) is 13.8. The van der Waals surface area contributed by atoms with E-state index in [4.69, 9.17) is 44.3 Å². The number of hydrogen-bond donors (Lipinski definition) is 1. The molecule has 6 heteroatoms. The monoisotopic (exact) mass is 345 g/mol. The molecule has 0 atom stereocenters. The quantitative estimate of drug-likeness (QED) is 0.799. The Morgan fingerprint density at radius 2 is 1.62 bits per heavy atom. The van der Waals surface area contributed by atoms with E-state index < -0.39 is 0 Å². The van der Waals surface area contributed by atoms with Gasteiger partial charge in [0, 0.05) is 22.3 Å². The molecule has 112 valence electrons. The van der Waals surface area contributed by atoms with Crippen LogP contribution in [-0.4, -0.2) is 14.2 Å². The Bertz CT molecular complexity index is 627. The van der Waals surface area contributed by atoms with E-state index in [0.717, 1.165) is 11.3 Å². The first-order valence-corrected chi connectivity index (χ1v) is 7.28. The van der Waals surface area contributed by atoms with Crippen molar-refractivity contribution in [3.05, 3.63) is 51.0 Å². The van der Waals surface area contributed by atoms with Crippen molar-refractivity contribution in [2.24, 2.45) is 0 Å². The third-order valence-electron chi connectivity index (χ3n) is 2.91. The van der Waals surface area contributed by atoms with Crippen LogP contribution >= 0.6 is 34.8 Å². The van der Waals surface area contributed by atoms with Crippen molar-refractivity contribution >= 4 is 40.5 Å². The van der Waals surface area contributed by atoms with E-state index in [-0.39, 0.29) is 0 Å². The molecule has 0 aliphatic rings. The predicted octanol–water partition coefficient (Wildman–Crippen LogP) is 5.28. The second kappa shape index (κ2) is 7.12. The molecule has 0 heterocycles. The molecule has 0 aromatic heterocycles. The lowest BCUT2D eigenvalue weighted by Gasteiger charge is -2.14. The van der Waals surface area contributed by atoms with Crippen LogP contribution in [0.5, 0.6) is 11.5 Å². The predicted molar refractivity (Wildman–Crippen MR) is 88.3 cm³/mol. The number of anilines is 1. The second-order valence-electron chi connectivity index (χ2n) is 4.29. The van der Waals surface area contributed by atoms with Crippen molar-refractivity contribution in [2.45, 2.75) is 6.54 Å². The number of halogens is 3. The smallest absolute Gasteiger partial charge is 0.179 e. The molecule has 0 radical (unpaired) electrons. The van der Waals surface area contributed by atoms with Crippen molar-refractivity contribution in [2.75, 3.05) is 19.5 Å². The molecule has 2 rings (SSSR count). The van der Waals surface area contributed by atoms with Gasteiger partial charge < -0.3 is 14.8 Å². The van der Waals surface area contributed by atoms with E-state index in [1.807, 2.05) is 12.1 Å². The maximum atomic E-state index is 6.32. The summed E-state index contributed by atoms with van der Waals surface area (Å²) in [6.45, 7) is 0.510. The van der Waals surface area contributed by atoms with Crippen LogP contribution in [0.3, 0.4) is 0 Å². The van der Waals surface area contributed by atoms with Gasteiger partial charge in [-0.15, -0.1) is 0 Å². The van der Waals surface area contributed by atoms with Crippen LogP contribution < -0.4 is 14.8 Å². The maximum absolute atomic E-state index is 6.32. The summed E-state index contributed by atoms with van der Waals surface area (Å²) in [6.07, 6.45) is 0. The van der Waals surface area contributed by atoms with E-state index >= 15 is 0 Å². The highest BCUT2D eigenvalue weighted by Crippen LogP contribution is 2.37. The molecule has 0 bridgehead atoms. The van der Waals surface area contributed by atoms with Crippen LogP contribution in [-0.2, 0) is 6.54 Å². The highest BCUT2D eigenvalue weighted by Gasteiger charge is 2.12. The molecule has 0 amide bonds. The minimum Gasteiger partial charge on any atom is -0.493 e.